The van der Waals surface area contributed by atoms with Gasteiger partial charge in [0.2, 0.25) is 4.96 Å². The molecule has 0 saturated carbocycles. The highest BCUT2D eigenvalue weighted by atomic mass is 79.9. The third-order valence-corrected chi connectivity index (χ3v) is 7.01. The highest BCUT2D eigenvalue weighted by Crippen LogP contribution is 2.37. The second kappa shape index (κ2) is 7.14. The molecule has 0 spiro atoms. The minimum absolute atomic E-state index is 0.192. The van der Waals surface area contributed by atoms with Gasteiger partial charge in [0, 0.05) is 16.6 Å². The highest BCUT2D eigenvalue weighted by Gasteiger charge is 2.34. The summed E-state index contributed by atoms with van der Waals surface area (Å²) in [6.45, 7) is 2.67. The fourth-order valence-corrected chi connectivity index (χ4v) is 5.39. The van der Waals surface area contributed by atoms with Crippen molar-refractivity contribution in [3.63, 3.8) is 0 Å². The van der Waals surface area contributed by atoms with E-state index in [9.17, 15) is 9.59 Å². The average molecular weight is 511 g/mol. The minimum atomic E-state index is -0.520. The van der Waals surface area contributed by atoms with Crippen LogP contribution in [0.5, 0.6) is 11.5 Å². The molecule has 2 aliphatic heterocycles. The predicted molar refractivity (Wildman–Crippen MR) is 122 cm³/mol. The molecule has 0 N–H and O–H groups in total. The van der Waals surface area contributed by atoms with Crippen molar-refractivity contribution in [3.05, 3.63) is 73.2 Å². The van der Waals surface area contributed by atoms with Crippen molar-refractivity contribution in [2.24, 2.45) is 0 Å². The number of nitrogens with zero attached hydrogens (tertiary/aromatic N) is 4. The molecule has 1 unspecified atom stereocenters. The summed E-state index contributed by atoms with van der Waals surface area (Å²) in [5.74, 6) is 1.45. The van der Waals surface area contributed by atoms with Crippen molar-refractivity contribution < 1.29 is 14.3 Å². The number of likely N-dealkylation sites (N-methyl/N-ethyl adjacent to an activating group) is 1. The van der Waals surface area contributed by atoms with Gasteiger partial charge in [-0.1, -0.05) is 39.4 Å². The van der Waals surface area contributed by atoms with Gasteiger partial charge in [0.15, 0.2) is 23.4 Å². The first-order chi connectivity index (χ1) is 15.5. The molecule has 2 aromatic carbocycles. The van der Waals surface area contributed by atoms with E-state index in [2.05, 4.69) is 26.0 Å². The third-order valence-electron chi connectivity index (χ3n) is 5.49. The van der Waals surface area contributed by atoms with Crippen LogP contribution in [0.1, 0.15) is 24.4 Å². The molecule has 0 saturated heterocycles. The van der Waals surface area contributed by atoms with Gasteiger partial charge in [-0.05, 0) is 37.3 Å². The van der Waals surface area contributed by atoms with Crippen LogP contribution < -0.4 is 24.5 Å². The van der Waals surface area contributed by atoms with Crippen LogP contribution in [0.3, 0.4) is 0 Å². The van der Waals surface area contributed by atoms with E-state index in [4.69, 9.17) is 9.47 Å². The Labute approximate surface area is 193 Å². The fourth-order valence-electron chi connectivity index (χ4n) is 4.02. The maximum atomic E-state index is 13.2. The molecule has 8 nitrogen and oxygen atoms in total. The summed E-state index contributed by atoms with van der Waals surface area (Å²) in [7, 11) is 0. The molecule has 160 valence electrons. The molecule has 4 heterocycles. The van der Waals surface area contributed by atoms with E-state index >= 15 is 0 Å². The standard InChI is InChI=1S/C22H15BrN4O4S/c1-2-26-13-8-7-11(23)9-12(13)17(20(26)28)18-21(29)27-22(32-18)24-19(25-27)16-10-30-14-5-3-4-6-15(14)31-16/h3-9,16H,2,10H2,1H3/b18-17-. The molecule has 0 fully saturated rings. The largest absolute Gasteiger partial charge is 0.485 e. The number of benzene rings is 2. The van der Waals surface area contributed by atoms with Crippen LogP contribution in [0.25, 0.3) is 10.5 Å². The van der Waals surface area contributed by atoms with Crippen LogP contribution in [0, 0.1) is 0 Å². The Kier molecular flexibility index (Phi) is 4.34. The number of fused-ring (bicyclic) bond motifs is 3. The van der Waals surface area contributed by atoms with Crippen molar-refractivity contribution in [2.75, 3.05) is 18.1 Å². The monoisotopic (exact) mass is 510 g/mol. The zero-order valence-electron chi connectivity index (χ0n) is 16.7. The first kappa shape index (κ1) is 19.4. The van der Waals surface area contributed by atoms with Crippen LogP contribution in [-0.4, -0.2) is 33.7 Å². The van der Waals surface area contributed by atoms with Crippen molar-refractivity contribution in [1.82, 2.24) is 14.6 Å². The maximum Gasteiger partial charge on any atom is 0.291 e. The highest BCUT2D eigenvalue weighted by molar-refractivity contribution is 9.10. The summed E-state index contributed by atoms with van der Waals surface area (Å²) < 4.78 is 14.1. The van der Waals surface area contributed by atoms with Crippen LogP contribution in [-0.2, 0) is 4.79 Å². The van der Waals surface area contributed by atoms with Gasteiger partial charge >= 0.3 is 0 Å². The van der Waals surface area contributed by atoms with Gasteiger partial charge in [0.1, 0.15) is 11.1 Å². The summed E-state index contributed by atoms with van der Waals surface area (Å²) in [6, 6.07) is 13.0. The Bertz CT molecular complexity index is 1530. The molecule has 6 rings (SSSR count). The molecule has 0 bridgehead atoms. The van der Waals surface area contributed by atoms with Gasteiger partial charge in [-0.2, -0.15) is 9.50 Å². The number of hydrogen-bond acceptors (Lipinski definition) is 7. The second-order valence-electron chi connectivity index (χ2n) is 7.35. The van der Waals surface area contributed by atoms with Gasteiger partial charge in [0.05, 0.1) is 11.3 Å². The topological polar surface area (TPSA) is 86.0 Å². The van der Waals surface area contributed by atoms with E-state index in [0.29, 0.717) is 38.9 Å². The smallest absolute Gasteiger partial charge is 0.291 e. The summed E-state index contributed by atoms with van der Waals surface area (Å²) in [5.41, 5.74) is 1.54. The quantitative estimate of drug-likeness (QED) is 0.412. The van der Waals surface area contributed by atoms with Crippen molar-refractivity contribution >= 4 is 49.4 Å². The lowest BCUT2D eigenvalue weighted by Gasteiger charge is -2.24. The molecule has 0 aliphatic carbocycles. The molecule has 1 amide bonds. The molecule has 2 aliphatic rings. The predicted octanol–water partition coefficient (Wildman–Crippen LogP) is 2.71. The first-order valence-corrected chi connectivity index (χ1v) is 11.6. The number of rotatable bonds is 2. The van der Waals surface area contributed by atoms with Gasteiger partial charge in [-0.25, -0.2) is 0 Å². The molecule has 0 radical (unpaired) electrons. The number of carbonyl (C=O) groups excluding carboxylic acids is 1. The Balaban J connectivity index is 1.47. The molecule has 4 aromatic rings. The number of thiazole rings is 1. The number of para-hydroxylation sites is 2. The fraction of sp³-hybridized carbons (Fsp3) is 0.182. The summed E-state index contributed by atoms with van der Waals surface area (Å²) in [4.78, 5) is 33.0. The van der Waals surface area contributed by atoms with Crippen LogP contribution in [0.4, 0.5) is 5.69 Å². The Morgan fingerprint density at radius 2 is 2.00 bits per heavy atom. The van der Waals surface area contributed by atoms with Crippen LogP contribution in [0.15, 0.2) is 51.7 Å². The zero-order chi connectivity index (χ0) is 22.0. The van der Waals surface area contributed by atoms with Crippen LogP contribution in [0.2, 0.25) is 0 Å². The van der Waals surface area contributed by atoms with E-state index < -0.39 is 6.10 Å². The molecule has 32 heavy (non-hydrogen) atoms. The number of aromatic nitrogens is 3. The lowest BCUT2D eigenvalue weighted by molar-refractivity contribution is -0.113. The minimum Gasteiger partial charge on any atom is -0.485 e. The van der Waals surface area contributed by atoms with Crippen LogP contribution >= 0.6 is 27.3 Å². The Morgan fingerprint density at radius 3 is 2.78 bits per heavy atom. The van der Waals surface area contributed by atoms with E-state index in [1.165, 1.54) is 4.52 Å². The summed E-state index contributed by atoms with van der Waals surface area (Å²) >= 11 is 4.62. The summed E-state index contributed by atoms with van der Waals surface area (Å²) in [6.07, 6.45) is -0.520. The van der Waals surface area contributed by atoms with Gasteiger partial charge in [-0.3, -0.25) is 9.59 Å². The zero-order valence-corrected chi connectivity index (χ0v) is 19.1. The molecular weight excluding hydrogens is 496 g/mol. The lowest BCUT2D eigenvalue weighted by Crippen LogP contribution is -2.32. The Hall–Kier alpha value is -3.24. The number of halogens is 1. The van der Waals surface area contributed by atoms with Gasteiger partial charge in [-0.15, -0.1) is 5.10 Å². The maximum absolute atomic E-state index is 13.2. The van der Waals surface area contributed by atoms with Gasteiger partial charge < -0.3 is 14.4 Å². The number of hydrogen-bond donors (Lipinski definition) is 0. The lowest BCUT2D eigenvalue weighted by atomic mass is 10.1. The number of ether oxygens (including phenoxy) is 2. The van der Waals surface area contributed by atoms with Crippen molar-refractivity contribution in [2.45, 2.75) is 13.0 Å². The van der Waals surface area contributed by atoms with E-state index in [1.54, 1.807) is 4.90 Å². The van der Waals surface area contributed by atoms with Crippen molar-refractivity contribution in [1.29, 1.82) is 0 Å². The summed E-state index contributed by atoms with van der Waals surface area (Å²) in [5, 5.41) is 4.39. The Morgan fingerprint density at radius 1 is 1.19 bits per heavy atom. The molecular formula is C22H15BrN4O4S. The SMILES string of the molecule is CCN1C(=O)/C(=c2\sc3nc(C4COc5ccccc5O4)nn3c2=O)c2cc(Br)ccc21. The number of amides is 1. The first-order valence-electron chi connectivity index (χ1n) is 9.99. The van der Waals surface area contributed by atoms with E-state index in [0.717, 1.165) is 27.1 Å². The molecule has 2 aromatic heterocycles. The average Bonchev–Trinajstić information content (AvgIpc) is 3.43. The van der Waals surface area contributed by atoms with E-state index in [-0.39, 0.29) is 18.1 Å². The normalized spacial score (nSPS) is 19.0. The van der Waals surface area contributed by atoms with Gasteiger partial charge in [0.25, 0.3) is 11.5 Å². The van der Waals surface area contributed by atoms with E-state index in [1.807, 2.05) is 49.4 Å². The molecule has 10 heteroatoms. The number of carbonyl (C=O) groups is 1. The van der Waals surface area contributed by atoms with Crippen molar-refractivity contribution in [3.8, 4) is 11.5 Å². The molecule has 1 atom stereocenters. The third kappa shape index (κ3) is 2.79. The second-order valence-corrected chi connectivity index (χ2v) is 9.24. The number of anilines is 1.